The van der Waals surface area contributed by atoms with Crippen molar-refractivity contribution in [3.8, 4) is 0 Å². The van der Waals surface area contributed by atoms with Crippen LogP contribution in [0.3, 0.4) is 0 Å². The quantitative estimate of drug-likeness (QED) is 0.904. The van der Waals surface area contributed by atoms with E-state index in [-0.39, 0.29) is 4.90 Å². The van der Waals surface area contributed by atoms with Gasteiger partial charge in [-0.3, -0.25) is 0 Å². The molecule has 0 saturated carbocycles. The molecule has 1 aromatic carbocycles. The van der Waals surface area contributed by atoms with Crippen LogP contribution >= 0.6 is 0 Å². The average molecular weight is 268 g/mol. The van der Waals surface area contributed by atoms with Crippen molar-refractivity contribution in [1.29, 1.82) is 0 Å². The fourth-order valence-corrected chi connectivity index (χ4v) is 2.83. The minimum atomic E-state index is -3.59. The van der Waals surface area contributed by atoms with Crippen LogP contribution in [0.1, 0.15) is 25.8 Å². The van der Waals surface area contributed by atoms with Gasteiger partial charge in [-0.05, 0) is 42.5 Å². The number of hydrogen-bond acceptors (Lipinski definition) is 3. The van der Waals surface area contributed by atoms with Gasteiger partial charge in [-0.25, -0.2) is 13.6 Å². The Morgan fingerprint density at radius 1 is 1.39 bits per heavy atom. The average Bonchev–Trinajstić information content (AvgIpc) is 2.67. The molecule has 5 heteroatoms. The molecule has 0 atom stereocenters. The molecule has 0 aliphatic carbocycles. The number of sulfonamides is 1. The summed E-state index contributed by atoms with van der Waals surface area (Å²) in [6, 6.07) is 5.18. The second kappa shape index (κ2) is 4.90. The fourth-order valence-electron chi connectivity index (χ4n) is 2.27. The van der Waals surface area contributed by atoms with Gasteiger partial charge in [0.25, 0.3) is 0 Å². The molecule has 18 heavy (non-hydrogen) atoms. The number of anilines is 1. The Kier molecular flexibility index (Phi) is 3.64. The van der Waals surface area contributed by atoms with Crippen LogP contribution < -0.4 is 10.0 Å². The van der Waals surface area contributed by atoms with E-state index in [1.54, 1.807) is 12.1 Å². The lowest BCUT2D eigenvalue weighted by Crippen LogP contribution is -2.22. The molecule has 0 radical (unpaired) electrons. The van der Waals surface area contributed by atoms with Gasteiger partial charge in [0.1, 0.15) is 0 Å². The number of nitrogens with zero attached hydrogens (tertiary/aromatic N) is 1. The molecule has 0 aromatic heterocycles. The standard InChI is InChI=1S/C13H20N2O2S/c1-10(2)5-7-15-8-6-11-9-12(18(14,16)17)3-4-13(11)15/h3-4,9-10H,5-8H2,1-2H3,(H2,14,16,17). The third-order valence-corrected chi connectivity index (χ3v) is 4.26. The predicted octanol–water partition coefficient (Wildman–Crippen LogP) is 1.74. The van der Waals surface area contributed by atoms with E-state index < -0.39 is 10.0 Å². The van der Waals surface area contributed by atoms with E-state index in [1.165, 1.54) is 0 Å². The molecule has 0 fully saturated rings. The van der Waals surface area contributed by atoms with Gasteiger partial charge in [0.2, 0.25) is 10.0 Å². The normalized spacial score (nSPS) is 15.2. The molecule has 0 spiro atoms. The van der Waals surface area contributed by atoms with Crippen LogP contribution in [0.4, 0.5) is 5.69 Å². The summed E-state index contributed by atoms with van der Waals surface area (Å²) in [5, 5.41) is 5.14. The molecular weight excluding hydrogens is 248 g/mol. The number of benzene rings is 1. The Morgan fingerprint density at radius 2 is 2.11 bits per heavy atom. The molecule has 2 N–H and O–H groups in total. The molecule has 0 saturated heterocycles. The zero-order chi connectivity index (χ0) is 13.3. The third-order valence-electron chi connectivity index (χ3n) is 3.35. The molecule has 2 rings (SSSR count). The lowest BCUT2D eigenvalue weighted by atomic mass is 10.1. The van der Waals surface area contributed by atoms with E-state index in [0.29, 0.717) is 5.92 Å². The molecule has 4 nitrogen and oxygen atoms in total. The van der Waals surface area contributed by atoms with Crippen LogP contribution in [0.15, 0.2) is 23.1 Å². The summed E-state index contributed by atoms with van der Waals surface area (Å²) in [6.45, 7) is 6.41. The molecule has 0 amide bonds. The van der Waals surface area contributed by atoms with Crippen molar-refractivity contribution in [2.45, 2.75) is 31.6 Å². The number of primary sulfonamides is 1. The van der Waals surface area contributed by atoms with Gasteiger partial charge < -0.3 is 4.90 Å². The van der Waals surface area contributed by atoms with Crippen molar-refractivity contribution >= 4 is 15.7 Å². The molecule has 0 bridgehead atoms. The minimum Gasteiger partial charge on any atom is -0.371 e. The van der Waals surface area contributed by atoms with Gasteiger partial charge in [0.05, 0.1) is 4.90 Å². The van der Waals surface area contributed by atoms with Gasteiger partial charge in [-0.1, -0.05) is 13.8 Å². The van der Waals surface area contributed by atoms with E-state index in [9.17, 15) is 8.42 Å². The lowest BCUT2D eigenvalue weighted by molar-refractivity contribution is 0.578. The first kappa shape index (κ1) is 13.4. The van der Waals surface area contributed by atoms with Crippen LogP contribution in [0, 0.1) is 5.92 Å². The smallest absolute Gasteiger partial charge is 0.238 e. The summed E-state index contributed by atoms with van der Waals surface area (Å²) in [4.78, 5) is 2.54. The second-order valence-electron chi connectivity index (χ2n) is 5.26. The second-order valence-corrected chi connectivity index (χ2v) is 6.82. The summed E-state index contributed by atoms with van der Waals surface area (Å²) in [5.74, 6) is 0.678. The van der Waals surface area contributed by atoms with E-state index in [1.807, 2.05) is 6.07 Å². The number of hydrogen-bond donors (Lipinski definition) is 1. The highest BCUT2D eigenvalue weighted by atomic mass is 32.2. The van der Waals surface area contributed by atoms with E-state index in [0.717, 1.165) is 37.2 Å². The van der Waals surface area contributed by atoms with Crippen LogP contribution in [-0.2, 0) is 16.4 Å². The van der Waals surface area contributed by atoms with E-state index in [2.05, 4.69) is 18.7 Å². The summed E-state index contributed by atoms with van der Waals surface area (Å²) in [7, 11) is -3.59. The molecule has 1 heterocycles. The third kappa shape index (κ3) is 2.84. The summed E-state index contributed by atoms with van der Waals surface area (Å²) < 4.78 is 22.6. The minimum absolute atomic E-state index is 0.215. The summed E-state index contributed by atoms with van der Waals surface area (Å²) in [6.07, 6.45) is 2.05. The zero-order valence-electron chi connectivity index (χ0n) is 10.9. The Bertz CT molecular complexity index is 538. The topological polar surface area (TPSA) is 63.4 Å². The van der Waals surface area contributed by atoms with Gasteiger partial charge in [-0.15, -0.1) is 0 Å². The molecule has 1 aliphatic rings. The maximum absolute atomic E-state index is 11.3. The van der Waals surface area contributed by atoms with Crippen LogP contribution in [0.2, 0.25) is 0 Å². The first-order chi connectivity index (χ1) is 8.38. The molecule has 100 valence electrons. The largest absolute Gasteiger partial charge is 0.371 e. The van der Waals surface area contributed by atoms with Crippen molar-refractivity contribution < 1.29 is 8.42 Å². The Balaban J connectivity index is 2.20. The van der Waals surface area contributed by atoms with Gasteiger partial charge >= 0.3 is 0 Å². The summed E-state index contributed by atoms with van der Waals surface area (Å²) >= 11 is 0. The van der Waals surface area contributed by atoms with Gasteiger partial charge in [0, 0.05) is 18.8 Å². The Morgan fingerprint density at radius 3 is 2.72 bits per heavy atom. The van der Waals surface area contributed by atoms with E-state index in [4.69, 9.17) is 5.14 Å². The van der Waals surface area contributed by atoms with Crippen molar-refractivity contribution in [2.75, 3.05) is 18.0 Å². The van der Waals surface area contributed by atoms with Gasteiger partial charge in [-0.2, -0.15) is 0 Å². The van der Waals surface area contributed by atoms with Crippen LogP contribution in [0.25, 0.3) is 0 Å². The maximum atomic E-state index is 11.3. The number of nitrogens with two attached hydrogens (primary N) is 1. The highest BCUT2D eigenvalue weighted by Gasteiger charge is 2.21. The highest BCUT2D eigenvalue weighted by molar-refractivity contribution is 7.89. The Labute approximate surface area is 109 Å². The fraction of sp³-hybridized carbons (Fsp3) is 0.538. The van der Waals surface area contributed by atoms with Gasteiger partial charge in [0.15, 0.2) is 0 Å². The van der Waals surface area contributed by atoms with Crippen LogP contribution in [-0.4, -0.2) is 21.5 Å². The van der Waals surface area contributed by atoms with Crippen LogP contribution in [0.5, 0.6) is 0 Å². The monoisotopic (exact) mass is 268 g/mol. The summed E-state index contributed by atoms with van der Waals surface area (Å²) in [5.41, 5.74) is 2.24. The van der Waals surface area contributed by atoms with E-state index >= 15 is 0 Å². The maximum Gasteiger partial charge on any atom is 0.238 e. The predicted molar refractivity (Wildman–Crippen MR) is 73.2 cm³/mol. The number of fused-ring (bicyclic) bond motifs is 1. The molecule has 1 aromatic rings. The van der Waals surface area contributed by atoms with Crippen molar-refractivity contribution in [1.82, 2.24) is 0 Å². The Hall–Kier alpha value is -1.07. The van der Waals surface area contributed by atoms with Crippen molar-refractivity contribution in [3.05, 3.63) is 23.8 Å². The molecular formula is C13H20N2O2S. The number of rotatable bonds is 4. The highest BCUT2D eigenvalue weighted by Crippen LogP contribution is 2.30. The molecule has 1 aliphatic heterocycles. The SMILES string of the molecule is CC(C)CCN1CCc2cc(S(N)(=O)=O)ccc21. The zero-order valence-corrected chi connectivity index (χ0v) is 11.7. The van der Waals surface area contributed by atoms with Crippen molar-refractivity contribution in [2.24, 2.45) is 11.1 Å². The molecule has 0 unspecified atom stereocenters. The lowest BCUT2D eigenvalue weighted by Gasteiger charge is -2.20. The first-order valence-electron chi connectivity index (χ1n) is 6.28. The first-order valence-corrected chi connectivity index (χ1v) is 7.83. The van der Waals surface area contributed by atoms with Crippen molar-refractivity contribution in [3.63, 3.8) is 0 Å².